The summed E-state index contributed by atoms with van der Waals surface area (Å²) in [6.07, 6.45) is 0.641. The molecule has 0 aromatic heterocycles. The van der Waals surface area contributed by atoms with Gasteiger partial charge < -0.3 is 15.4 Å². The Morgan fingerprint density at radius 1 is 0.943 bits per heavy atom. The van der Waals surface area contributed by atoms with Gasteiger partial charge in [0.05, 0.1) is 26.7 Å². The van der Waals surface area contributed by atoms with E-state index in [0.29, 0.717) is 22.9 Å². The Morgan fingerprint density at radius 2 is 1.69 bits per heavy atom. The maximum absolute atomic E-state index is 14.4. The van der Waals surface area contributed by atoms with Crippen LogP contribution in [0.4, 0.5) is 24.5 Å². The lowest BCUT2D eigenvalue weighted by Crippen LogP contribution is -2.23. The topological polar surface area (TPSA) is 58.2 Å². The fourth-order valence-electron chi connectivity index (χ4n) is 3.92. The SMILES string of the molecule is O=CC1(CNc2ccc(F)c(C(=O)Nc3ccc(F)cc3F)c2)C(c2ccc(Cl)c(Cl)c2)C1(Cl)Cl. The second kappa shape index (κ2) is 9.54. The molecule has 0 aliphatic heterocycles. The molecule has 0 spiro atoms. The van der Waals surface area contributed by atoms with Crippen LogP contribution in [0, 0.1) is 22.9 Å². The van der Waals surface area contributed by atoms with Crippen LogP contribution in [0.2, 0.25) is 10.0 Å². The van der Waals surface area contributed by atoms with Gasteiger partial charge in [-0.3, -0.25) is 4.79 Å². The number of anilines is 2. The summed E-state index contributed by atoms with van der Waals surface area (Å²) in [6.45, 7) is -0.0479. The van der Waals surface area contributed by atoms with Gasteiger partial charge in [-0.1, -0.05) is 52.5 Å². The van der Waals surface area contributed by atoms with Crippen LogP contribution in [0.1, 0.15) is 21.8 Å². The average molecular weight is 562 g/mol. The molecule has 1 saturated carbocycles. The lowest BCUT2D eigenvalue weighted by Gasteiger charge is -2.15. The van der Waals surface area contributed by atoms with Gasteiger partial charge in [0.1, 0.15) is 28.1 Å². The van der Waals surface area contributed by atoms with Crippen LogP contribution in [-0.2, 0) is 4.79 Å². The van der Waals surface area contributed by atoms with Crippen LogP contribution in [0.3, 0.4) is 0 Å². The van der Waals surface area contributed by atoms with E-state index >= 15 is 0 Å². The summed E-state index contributed by atoms with van der Waals surface area (Å²) in [7, 11) is 0. The molecule has 1 aliphatic carbocycles. The second-order valence-corrected chi connectivity index (χ2v) is 10.2. The highest BCUT2D eigenvalue weighted by atomic mass is 35.5. The van der Waals surface area contributed by atoms with E-state index in [1.165, 1.54) is 12.1 Å². The first kappa shape index (κ1) is 25.6. The van der Waals surface area contributed by atoms with Gasteiger partial charge in [-0.05, 0) is 48.0 Å². The molecule has 2 N–H and O–H groups in total. The standard InChI is InChI=1S/C24H15Cl4F3N2O2/c25-16-4-1-12(7-17(16)26)21-23(11-34,24(21,27)28)10-32-14-3-5-18(30)15(9-14)22(35)33-20-6-2-13(29)8-19(20)31/h1-9,11,21,32H,10H2,(H,33,35). The van der Waals surface area contributed by atoms with Gasteiger partial charge in [0.25, 0.3) is 5.91 Å². The first-order chi connectivity index (χ1) is 16.5. The van der Waals surface area contributed by atoms with Crippen LogP contribution in [-0.4, -0.2) is 23.1 Å². The number of aldehydes is 1. The van der Waals surface area contributed by atoms with Crippen molar-refractivity contribution in [2.45, 2.75) is 10.3 Å². The Hall–Kier alpha value is -2.45. The van der Waals surface area contributed by atoms with Gasteiger partial charge in [0, 0.05) is 24.2 Å². The van der Waals surface area contributed by atoms with Crippen molar-refractivity contribution in [3.8, 4) is 0 Å². The zero-order valence-corrected chi connectivity index (χ0v) is 20.5. The predicted molar refractivity (Wildman–Crippen MR) is 131 cm³/mol. The molecular formula is C24H15Cl4F3N2O2. The summed E-state index contributed by atoms with van der Waals surface area (Å²) in [6, 6.07) is 10.9. The molecule has 11 heteroatoms. The highest BCUT2D eigenvalue weighted by Crippen LogP contribution is 2.73. The van der Waals surface area contributed by atoms with E-state index in [1.54, 1.807) is 18.2 Å². The molecular weight excluding hydrogens is 547 g/mol. The molecule has 1 amide bonds. The number of halogens is 7. The smallest absolute Gasteiger partial charge is 0.258 e. The van der Waals surface area contributed by atoms with Crippen molar-refractivity contribution in [3.05, 3.63) is 93.2 Å². The minimum Gasteiger partial charge on any atom is -0.384 e. The summed E-state index contributed by atoms with van der Waals surface area (Å²) in [5, 5.41) is 5.76. The maximum Gasteiger partial charge on any atom is 0.258 e. The molecule has 3 aromatic carbocycles. The van der Waals surface area contributed by atoms with Gasteiger partial charge in [-0.2, -0.15) is 0 Å². The summed E-state index contributed by atoms with van der Waals surface area (Å²) >= 11 is 25.0. The van der Waals surface area contributed by atoms with Gasteiger partial charge in [0.2, 0.25) is 0 Å². The molecule has 35 heavy (non-hydrogen) atoms. The van der Waals surface area contributed by atoms with Crippen molar-refractivity contribution in [1.29, 1.82) is 0 Å². The number of hydrogen-bond acceptors (Lipinski definition) is 3. The highest BCUT2D eigenvalue weighted by molar-refractivity contribution is 6.54. The van der Waals surface area contributed by atoms with E-state index < -0.39 is 44.6 Å². The van der Waals surface area contributed by atoms with E-state index in [2.05, 4.69) is 10.6 Å². The third-order valence-corrected chi connectivity index (χ3v) is 7.76. The van der Waals surface area contributed by atoms with Crippen LogP contribution in [0.25, 0.3) is 0 Å². The van der Waals surface area contributed by atoms with E-state index in [0.717, 1.165) is 18.2 Å². The molecule has 0 heterocycles. The number of nitrogens with one attached hydrogen (secondary N) is 2. The van der Waals surface area contributed by atoms with Crippen LogP contribution < -0.4 is 10.6 Å². The Balaban J connectivity index is 1.53. The number of amides is 1. The molecule has 1 aliphatic rings. The number of hydrogen-bond donors (Lipinski definition) is 2. The minimum absolute atomic E-state index is 0.0479. The van der Waals surface area contributed by atoms with Crippen molar-refractivity contribution in [3.63, 3.8) is 0 Å². The third-order valence-electron chi connectivity index (χ3n) is 5.88. The lowest BCUT2D eigenvalue weighted by molar-refractivity contribution is -0.112. The van der Waals surface area contributed by atoms with Crippen LogP contribution in [0.5, 0.6) is 0 Å². The number of alkyl halides is 2. The van der Waals surface area contributed by atoms with Crippen LogP contribution >= 0.6 is 46.4 Å². The van der Waals surface area contributed by atoms with Gasteiger partial charge in [-0.15, -0.1) is 0 Å². The molecule has 1 fully saturated rings. The average Bonchev–Trinajstić information content (AvgIpc) is 3.31. The molecule has 2 atom stereocenters. The van der Waals surface area contributed by atoms with Crippen molar-refractivity contribution >= 4 is 70.0 Å². The zero-order valence-electron chi connectivity index (χ0n) is 17.5. The van der Waals surface area contributed by atoms with Gasteiger partial charge >= 0.3 is 0 Å². The Labute approximate surface area is 218 Å². The van der Waals surface area contributed by atoms with Crippen molar-refractivity contribution in [2.75, 3.05) is 17.2 Å². The monoisotopic (exact) mass is 560 g/mol. The van der Waals surface area contributed by atoms with Crippen molar-refractivity contribution in [1.82, 2.24) is 0 Å². The minimum atomic E-state index is -1.46. The molecule has 2 unspecified atom stereocenters. The molecule has 4 rings (SSSR count). The fraction of sp³-hybridized carbons (Fsp3) is 0.167. The Bertz CT molecular complexity index is 1340. The molecule has 0 saturated heterocycles. The fourth-order valence-corrected chi connectivity index (χ4v) is 5.20. The molecule has 0 bridgehead atoms. The number of rotatable bonds is 7. The van der Waals surface area contributed by atoms with Gasteiger partial charge in [-0.25, -0.2) is 13.2 Å². The van der Waals surface area contributed by atoms with Gasteiger partial charge in [0.15, 0.2) is 0 Å². The van der Waals surface area contributed by atoms with E-state index in [9.17, 15) is 22.8 Å². The Morgan fingerprint density at radius 3 is 2.34 bits per heavy atom. The summed E-state index contributed by atoms with van der Waals surface area (Å²) in [5.74, 6) is -4.27. The van der Waals surface area contributed by atoms with Crippen molar-refractivity contribution in [2.24, 2.45) is 5.41 Å². The van der Waals surface area contributed by atoms with E-state index in [1.807, 2.05) is 0 Å². The normalized spacial score (nSPS) is 20.3. The summed E-state index contributed by atoms with van der Waals surface area (Å²) < 4.78 is 39.9. The number of benzene rings is 3. The zero-order chi connectivity index (χ0) is 25.5. The van der Waals surface area contributed by atoms with E-state index in [4.69, 9.17) is 46.4 Å². The number of carbonyl (C=O) groups excluding carboxylic acids is 2. The maximum atomic E-state index is 14.4. The lowest BCUT2D eigenvalue weighted by atomic mass is 10.00. The molecule has 4 nitrogen and oxygen atoms in total. The molecule has 0 radical (unpaired) electrons. The summed E-state index contributed by atoms with van der Waals surface area (Å²) in [4.78, 5) is 24.6. The first-order valence-corrected chi connectivity index (χ1v) is 11.6. The Kier molecular flexibility index (Phi) is 6.99. The first-order valence-electron chi connectivity index (χ1n) is 10.1. The van der Waals surface area contributed by atoms with E-state index in [-0.39, 0.29) is 22.9 Å². The third kappa shape index (κ3) is 4.70. The highest BCUT2D eigenvalue weighted by Gasteiger charge is 2.76. The largest absolute Gasteiger partial charge is 0.384 e. The molecule has 3 aromatic rings. The quantitative estimate of drug-likeness (QED) is 0.236. The van der Waals surface area contributed by atoms with Crippen molar-refractivity contribution < 1.29 is 22.8 Å². The second-order valence-electron chi connectivity index (χ2n) is 8.01. The number of carbonyl (C=O) groups is 2. The summed E-state index contributed by atoms with van der Waals surface area (Å²) in [5.41, 5.74) is -1.08. The predicted octanol–water partition coefficient (Wildman–Crippen LogP) is 7.23. The van der Waals surface area contributed by atoms with Crippen LogP contribution in [0.15, 0.2) is 54.6 Å². The molecule has 182 valence electrons.